The molecule has 9 heavy (non-hydrogen) atoms. The van der Waals surface area contributed by atoms with Crippen molar-refractivity contribution in [3.05, 3.63) is 0 Å². The number of aliphatic hydroxyl groups is 2. The van der Waals surface area contributed by atoms with E-state index in [-0.39, 0.29) is 11.7 Å². The maximum absolute atomic E-state index is 9.27. The summed E-state index contributed by atoms with van der Waals surface area (Å²) in [6, 6.07) is 0. The topological polar surface area (TPSA) is 40.5 Å². The zero-order chi connectivity index (χ0) is 6.91. The summed E-state index contributed by atoms with van der Waals surface area (Å²) >= 11 is 0. The SMILES string of the molecule is CC(O)CCC1(O)CC1. The fourth-order valence-electron chi connectivity index (χ4n) is 0.872. The first-order valence-corrected chi connectivity index (χ1v) is 3.53. The Hall–Kier alpha value is -0.0800. The van der Waals surface area contributed by atoms with Crippen LogP contribution in [0.4, 0.5) is 0 Å². The average molecular weight is 130 g/mol. The second-order valence-corrected chi connectivity index (χ2v) is 3.11. The molecule has 0 aromatic heterocycles. The molecule has 0 amide bonds. The molecule has 2 heteroatoms. The van der Waals surface area contributed by atoms with E-state index in [1.54, 1.807) is 6.92 Å². The van der Waals surface area contributed by atoms with Crippen LogP contribution in [-0.4, -0.2) is 21.9 Å². The highest BCUT2D eigenvalue weighted by molar-refractivity contribution is 4.93. The van der Waals surface area contributed by atoms with Crippen molar-refractivity contribution in [1.29, 1.82) is 0 Å². The quantitative estimate of drug-likeness (QED) is 0.589. The van der Waals surface area contributed by atoms with Gasteiger partial charge in [0.25, 0.3) is 0 Å². The van der Waals surface area contributed by atoms with Crippen LogP contribution in [0.25, 0.3) is 0 Å². The van der Waals surface area contributed by atoms with Crippen molar-refractivity contribution < 1.29 is 10.2 Å². The molecule has 0 bridgehead atoms. The summed E-state index contributed by atoms with van der Waals surface area (Å²) in [5.41, 5.74) is -0.378. The molecule has 1 atom stereocenters. The van der Waals surface area contributed by atoms with Crippen molar-refractivity contribution in [2.45, 2.75) is 44.3 Å². The van der Waals surface area contributed by atoms with Gasteiger partial charge in [0.1, 0.15) is 0 Å². The first-order valence-electron chi connectivity index (χ1n) is 3.53. The zero-order valence-electron chi connectivity index (χ0n) is 5.80. The Bertz CT molecular complexity index is 95.1. The number of aliphatic hydroxyl groups excluding tert-OH is 1. The minimum absolute atomic E-state index is 0.255. The lowest BCUT2D eigenvalue weighted by atomic mass is 10.1. The van der Waals surface area contributed by atoms with E-state index >= 15 is 0 Å². The van der Waals surface area contributed by atoms with E-state index in [0.717, 1.165) is 25.7 Å². The molecule has 1 aliphatic carbocycles. The predicted molar refractivity (Wildman–Crippen MR) is 35.1 cm³/mol. The third-order valence-corrected chi connectivity index (χ3v) is 1.85. The molecule has 0 saturated heterocycles. The molecule has 1 aliphatic rings. The normalized spacial score (nSPS) is 25.7. The second-order valence-electron chi connectivity index (χ2n) is 3.11. The number of hydrogen-bond donors (Lipinski definition) is 2. The highest BCUT2D eigenvalue weighted by Gasteiger charge is 2.39. The van der Waals surface area contributed by atoms with Gasteiger partial charge in [0.05, 0.1) is 11.7 Å². The third kappa shape index (κ3) is 2.33. The summed E-state index contributed by atoms with van der Waals surface area (Å²) in [7, 11) is 0. The van der Waals surface area contributed by atoms with Gasteiger partial charge >= 0.3 is 0 Å². The molecule has 2 N–H and O–H groups in total. The Kier molecular flexibility index (Phi) is 1.78. The van der Waals surface area contributed by atoms with Gasteiger partial charge in [-0.1, -0.05) is 0 Å². The summed E-state index contributed by atoms with van der Waals surface area (Å²) < 4.78 is 0. The predicted octanol–water partition coefficient (Wildman–Crippen LogP) is 0.672. The molecule has 2 nitrogen and oxygen atoms in total. The lowest BCUT2D eigenvalue weighted by molar-refractivity contribution is 0.106. The molecule has 0 aliphatic heterocycles. The Morgan fingerprint density at radius 2 is 2.11 bits per heavy atom. The van der Waals surface area contributed by atoms with Crippen LogP contribution < -0.4 is 0 Å². The van der Waals surface area contributed by atoms with E-state index in [2.05, 4.69) is 0 Å². The second kappa shape index (κ2) is 2.27. The molecule has 1 fully saturated rings. The minimum atomic E-state index is -0.378. The van der Waals surface area contributed by atoms with Crippen molar-refractivity contribution in [2.24, 2.45) is 0 Å². The Labute approximate surface area is 55.5 Å². The molecule has 0 aromatic rings. The fraction of sp³-hybridized carbons (Fsp3) is 1.00. The van der Waals surface area contributed by atoms with Gasteiger partial charge in [0.15, 0.2) is 0 Å². The van der Waals surface area contributed by atoms with Gasteiger partial charge < -0.3 is 10.2 Å². The number of rotatable bonds is 3. The third-order valence-electron chi connectivity index (χ3n) is 1.85. The lowest BCUT2D eigenvalue weighted by Crippen LogP contribution is -2.10. The highest BCUT2D eigenvalue weighted by Crippen LogP contribution is 2.39. The van der Waals surface area contributed by atoms with Gasteiger partial charge in [0, 0.05) is 0 Å². The lowest BCUT2D eigenvalue weighted by Gasteiger charge is -2.07. The van der Waals surface area contributed by atoms with Crippen molar-refractivity contribution in [3.63, 3.8) is 0 Å². The van der Waals surface area contributed by atoms with Crippen LogP contribution in [0.2, 0.25) is 0 Å². The van der Waals surface area contributed by atoms with Crippen LogP contribution in [0.15, 0.2) is 0 Å². The van der Waals surface area contributed by atoms with Gasteiger partial charge in [-0.3, -0.25) is 0 Å². The highest BCUT2D eigenvalue weighted by atomic mass is 16.3. The summed E-state index contributed by atoms with van der Waals surface area (Å²) in [5.74, 6) is 0. The molecule has 0 spiro atoms. The van der Waals surface area contributed by atoms with Crippen LogP contribution in [-0.2, 0) is 0 Å². The smallest absolute Gasteiger partial charge is 0.0651 e. The van der Waals surface area contributed by atoms with E-state index < -0.39 is 0 Å². The molecular weight excluding hydrogens is 116 g/mol. The van der Waals surface area contributed by atoms with Gasteiger partial charge in [0.2, 0.25) is 0 Å². The average Bonchev–Trinajstić information content (AvgIpc) is 2.45. The molecule has 0 aromatic carbocycles. The largest absolute Gasteiger partial charge is 0.393 e. The maximum atomic E-state index is 9.27. The van der Waals surface area contributed by atoms with Crippen LogP contribution >= 0.6 is 0 Å². The van der Waals surface area contributed by atoms with Gasteiger partial charge in [-0.05, 0) is 32.6 Å². The number of hydrogen-bond acceptors (Lipinski definition) is 2. The Morgan fingerprint density at radius 3 is 2.44 bits per heavy atom. The van der Waals surface area contributed by atoms with Crippen LogP contribution in [0, 0.1) is 0 Å². The van der Waals surface area contributed by atoms with Gasteiger partial charge in [-0.15, -0.1) is 0 Å². The maximum Gasteiger partial charge on any atom is 0.0651 e. The van der Waals surface area contributed by atoms with Crippen molar-refractivity contribution in [1.82, 2.24) is 0 Å². The zero-order valence-corrected chi connectivity index (χ0v) is 5.80. The van der Waals surface area contributed by atoms with Crippen LogP contribution in [0.5, 0.6) is 0 Å². The summed E-state index contributed by atoms with van der Waals surface area (Å²) in [6.45, 7) is 1.76. The molecule has 1 saturated carbocycles. The van der Waals surface area contributed by atoms with E-state index in [0.29, 0.717) is 0 Å². The fourth-order valence-corrected chi connectivity index (χ4v) is 0.872. The molecule has 1 unspecified atom stereocenters. The minimum Gasteiger partial charge on any atom is -0.393 e. The van der Waals surface area contributed by atoms with E-state index in [9.17, 15) is 5.11 Å². The standard InChI is InChI=1S/C7H14O2/c1-6(8)2-3-7(9)4-5-7/h6,8-9H,2-5H2,1H3. The van der Waals surface area contributed by atoms with E-state index in [1.807, 2.05) is 0 Å². The first kappa shape index (κ1) is 7.03. The van der Waals surface area contributed by atoms with Gasteiger partial charge in [-0.25, -0.2) is 0 Å². The molecule has 0 radical (unpaired) electrons. The summed E-state index contributed by atoms with van der Waals surface area (Å²) in [5, 5.41) is 18.1. The van der Waals surface area contributed by atoms with E-state index in [1.165, 1.54) is 0 Å². The van der Waals surface area contributed by atoms with Crippen molar-refractivity contribution >= 4 is 0 Å². The van der Waals surface area contributed by atoms with Crippen molar-refractivity contribution in [2.75, 3.05) is 0 Å². The van der Waals surface area contributed by atoms with Crippen LogP contribution in [0.1, 0.15) is 32.6 Å². The van der Waals surface area contributed by atoms with E-state index in [4.69, 9.17) is 5.11 Å². The molecule has 0 heterocycles. The Balaban J connectivity index is 2.05. The molecule has 54 valence electrons. The van der Waals surface area contributed by atoms with Crippen molar-refractivity contribution in [3.8, 4) is 0 Å². The first-order chi connectivity index (χ1) is 4.12. The molecular formula is C7H14O2. The summed E-state index contributed by atoms with van der Waals surface area (Å²) in [4.78, 5) is 0. The molecule has 1 rings (SSSR count). The van der Waals surface area contributed by atoms with Gasteiger partial charge in [-0.2, -0.15) is 0 Å². The Morgan fingerprint density at radius 1 is 1.56 bits per heavy atom. The summed E-state index contributed by atoms with van der Waals surface area (Å²) in [6.07, 6.45) is 3.11. The monoisotopic (exact) mass is 130 g/mol. The van der Waals surface area contributed by atoms with Crippen LogP contribution in [0.3, 0.4) is 0 Å².